The van der Waals surface area contributed by atoms with Gasteiger partial charge in [0.25, 0.3) is 0 Å². The third kappa shape index (κ3) is 3.93. The van der Waals surface area contributed by atoms with Gasteiger partial charge in [0.1, 0.15) is 11.5 Å². The molecule has 0 radical (unpaired) electrons. The molecule has 2 N–H and O–H groups in total. The van der Waals surface area contributed by atoms with E-state index in [4.69, 9.17) is 4.42 Å². The molecule has 0 aliphatic rings. The molecule has 2 rings (SSSR count). The van der Waals surface area contributed by atoms with Gasteiger partial charge in [-0.2, -0.15) is 0 Å². The third-order valence-corrected chi connectivity index (χ3v) is 3.35. The van der Waals surface area contributed by atoms with Gasteiger partial charge in [-0.25, -0.2) is 0 Å². The van der Waals surface area contributed by atoms with E-state index >= 15 is 0 Å². The van der Waals surface area contributed by atoms with E-state index in [9.17, 15) is 5.11 Å². The van der Waals surface area contributed by atoms with Gasteiger partial charge in [0.05, 0.1) is 12.6 Å². The first-order chi connectivity index (χ1) is 9.06. The number of aliphatic hydroxyl groups is 1. The van der Waals surface area contributed by atoms with Crippen molar-refractivity contribution in [1.29, 1.82) is 0 Å². The van der Waals surface area contributed by atoms with E-state index in [0.29, 0.717) is 13.1 Å². The number of nitrogens with one attached hydrogen (secondary N) is 1. The van der Waals surface area contributed by atoms with Crippen LogP contribution in [-0.4, -0.2) is 17.8 Å². The van der Waals surface area contributed by atoms with Crippen molar-refractivity contribution < 1.29 is 9.52 Å². The van der Waals surface area contributed by atoms with Crippen LogP contribution in [0.5, 0.6) is 0 Å². The largest absolute Gasteiger partial charge is 0.460 e. The van der Waals surface area contributed by atoms with Crippen LogP contribution in [0, 0.1) is 6.92 Å². The molecule has 0 saturated carbocycles. The Labute approximate surface area is 121 Å². The molecule has 1 atom stereocenters. The fourth-order valence-corrected chi connectivity index (χ4v) is 2.40. The number of rotatable bonds is 5. The van der Waals surface area contributed by atoms with Gasteiger partial charge in [0, 0.05) is 16.6 Å². The second-order valence-corrected chi connectivity index (χ2v) is 5.62. The van der Waals surface area contributed by atoms with Gasteiger partial charge in [0.15, 0.2) is 0 Å². The highest BCUT2D eigenvalue weighted by Crippen LogP contribution is 2.27. The van der Waals surface area contributed by atoms with Crippen molar-refractivity contribution in [2.75, 3.05) is 6.54 Å². The molecule has 1 aromatic carbocycles. The van der Waals surface area contributed by atoms with E-state index in [0.717, 1.165) is 21.6 Å². The quantitative estimate of drug-likeness (QED) is 0.885. The van der Waals surface area contributed by atoms with Crippen molar-refractivity contribution in [2.45, 2.75) is 26.5 Å². The number of hydrogen-bond acceptors (Lipinski definition) is 3. The summed E-state index contributed by atoms with van der Waals surface area (Å²) in [7, 11) is 0. The second kappa shape index (κ2) is 6.37. The number of aliphatic hydroxyl groups excluding tert-OH is 1. The van der Waals surface area contributed by atoms with E-state index in [1.807, 2.05) is 24.3 Å². The van der Waals surface area contributed by atoms with Gasteiger partial charge in [-0.05, 0) is 49.7 Å². The molecular weight excluding hydrogens is 306 g/mol. The summed E-state index contributed by atoms with van der Waals surface area (Å²) in [6, 6.07) is 10.1. The van der Waals surface area contributed by atoms with E-state index in [2.05, 4.69) is 34.2 Å². The van der Waals surface area contributed by atoms with Crippen LogP contribution in [0.4, 0.5) is 0 Å². The van der Waals surface area contributed by atoms with Gasteiger partial charge in [-0.15, -0.1) is 0 Å². The number of halogens is 1. The second-order valence-electron chi connectivity index (χ2n) is 4.71. The zero-order chi connectivity index (χ0) is 13.8. The molecule has 2 aromatic rings. The lowest BCUT2D eigenvalue weighted by molar-refractivity contribution is 0.190. The average Bonchev–Trinajstić information content (AvgIpc) is 2.77. The molecule has 102 valence electrons. The Bertz CT molecular complexity index is 549. The molecule has 0 aliphatic carbocycles. The summed E-state index contributed by atoms with van der Waals surface area (Å²) < 4.78 is 6.88. The highest BCUT2D eigenvalue weighted by atomic mass is 79.9. The van der Waals surface area contributed by atoms with Gasteiger partial charge in [-0.1, -0.05) is 15.9 Å². The van der Waals surface area contributed by atoms with Crippen molar-refractivity contribution in [2.24, 2.45) is 0 Å². The van der Waals surface area contributed by atoms with Crippen molar-refractivity contribution >= 4 is 15.9 Å². The third-order valence-electron chi connectivity index (χ3n) is 2.85. The Balaban J connectivity index is 2.08. The summed E-state index contributed by atoms with van der Waals surface area (Å²) in [5.41, 5.74) is 2.28. The molecule has 0 amide bonds. The maximum atomic E-state index is 9.18. The van der Waals surface area contributed by atoms with Crippen LogP contribution in [0.15, 0.2) is 39.2 Å². The topological polar surface area (TPSA) is 45.4 Å². The monoisotopic (exact) mass is 323 g/mol. The fourth-order valence-electron chi connectivity index (χ4n) is 1.93. The molecule has 0 saturated heterocycles. The summed E-state index contributed by atoms with van der Waals surface area (Å²) in [5, 5.41) is 12.3. The average molecular weight is 324 g/mol. The van der Waals surface area contributed by atoms with Crippen molar-refractivity contribution in [3.8, 4) is 11.3 Å². The first kappa shape index (κ1) is 14.3. The standard InChI is InChI=1S/C15H18BrNO2/c1-10-7-12(16)3-5-14(10)15-6-4-13(19-15)9-17-8-11(2)18/h3-7,11,17-18H,8-9H2,1-2H3/t11-/m1/s1. The molecule has 1 aromatic heterocycles. The lowest BCUT2D eigenvalue weighted by atomic mass is 10.1. The Morgan fingerprint density at radius 1 is 1.32 bits per heavy atom. The molecule has 19 heavy (non-hydrogen) atoms. The van der Waals surface area contributed by atoms with Crippen molar-refractivity contribution in [3.63, 3.8) is 0 Å². The molecule has 0 aliphatic heterocycles. The predicted molar refractivity (Wildman–Crippen MR) is 80.0 cm³/mol. The molecule has 4 heteroatoms. The lowest BCUT2D eigenvalue weighted by Gasteiger charge is -2.05. The molecule has 1 heterocycles. The molecule has 3 nitrogen and oxygen atoms in total. The highest BCUT2D eigenvalue weighted by Gasteiger charge is 2.08. The summed E-state index contributed by atoms with van der Waals surface area (Å²) >= 11 is 3.46. The number of hydrogen-bond donors (Lipinski definition) is 2. The van der Waals surface area contributed by atoms with E-state index < -0.39 is 0 Å². The maximum absolute atomic E-state index is 9.18. The summed E-state index contributed by atoms with van der Waals surface area (Å²) in [4.78, 5) is 0. The SMILES string of the molecule is Cc1cc(Br)ccc1-c1ccc(CNC[C@@H](C)O)o1. The minimum absolute atomic E-state index is 0.344. The highest BCUT2D eigenvalue weighted by molar-refractivity contribution is 9.10. The smallest absolute Gasteiger partial charge is 0.134 e. The Hall–Kier alpha value is -1.10. The molecule has 0 bridgehead atoms. The van der Waals surface area contributed by atoms with E-state index in [-0.39, 0.29) is 6.10 Å². The number of aryl methyl sites for hydroxylation is 1. The van der Waals surface area contributed by atoms with Gasteiger partial charge < -0.3 is 14.8 Å². The van der Waals surface area contributed by atoms with Gasteiger partial charge in [0.2, 0.25) is 0 Å². The summed E-state index contributed by atoms with van der Waals surface area (Å²) in [6.07, 6.45) is -0.344. The Kier molecular flexibility index (Phi) is 4.80. The van der Waals surface area contributed by atoms with Crippen LogP contribution < -0.4 is 5.32 Å². The Morgan fingerprint density at radius 3 is 2.79 bits per heavy atom. The van der Waals surface area contributed by atoms with Crippen molar-refractivity contribution in [1.82, 2.24) is 5.32 Å². The zero-order valence-electron chi connectivity index (χ0n) is 11.1. The van der Waals surface area contributed by atoms with E-state index in [1.54, 1.807) is 6.92 Å². The first-order valence-electron chi connectivity index (χ1n) is 6.30. The summed E-state index contributed by atoms with van der Waals surface area (Å²) in [5.74, 6) is 1.75. The van der Waals surface area contributed by atoms with Crippen LogP contribution >= 0.6 is 15.9 Å². The van der Waals surface area contributed by atoms with Crippen LogP contribution in [0.2, 0.25) is 0 Å². The fraction of sp³-hybridized carbons (Fsp3) is 0.333. The van der Waals surface area contributed by atoms with Crippen LogP contribution in [0.25, 0.3) is 11.3 Å². The minimum atomic E-state index is -0.344. The summed E-state index contributed by atoms with van der Waals surface area (Å²) in [6.45, 7) is 5.01. The zero-order valence-corrected chi connectivity index (χ0v) is 12.7. The number of furan rings is 1. The minimum Gasteiger partial charge on any atom is -0.460 e. The molecule has 0 fully saturated rings. The van der Waals surface area contributed by atoms with Crippen molar-refractivity contribution in [3.05, 3.63) is 46.1 Å². The molecule has 0 unspecified atom stereocenters. The van der Waals surface area contributed by atoms with Gasteiger partial charge in [-0.3, -0.25) is 0 Å². The molecule has 0 spiro atoms. The first-order valence-corrected chi connectivity index (χ1v) is 7.09. The molecular formula is C15H18BrNO2. The maximum Gasteiger partial charge on any atom is 0.134 e. The lowest BCUT2D eigenvalue weighted by Crippen LogP contribution is -2.23. The van der Waals surface area contributed by atoms with Crippen LogP contribution in [-0.2, 0) is 6.54 Å². The normalized spacial score (nSPS) is 12.6. The van der Waals surface area contributed by atoms with Gasteiger partial charge >= 0.3 is 0 Å². The van der Waals surface area contributed by atoms with Crippen LogP contribution in [0.1, 0.15) is 18.2 Å². The number of benzene rings is 1. The van der Waals surface area contributed by atoms with Crippen LogP contribution in [0.3, 0.4) is 0 Å². The Morgan fingerprint density at radius 2 is 2.11 bits per heavy atom. The predicted octanol–water partition coefficient (Wildman–Crippen LogP) is 3.49. The van der Waals surface area contributed by atoms with E-state index in [1.165, 1.54) is 5.56 Å².